The van der Waals surface area contributed by atoms with Gasteiger partial charge in [-0.15, -0.1) is 0 Å². The molecule has 108 valence electrons. The first-order chi connectivity index (χ1) is 9.10. The Bertz CT molecular complexity index is 337. The van der Waals surface area contributed by atoms with Crippen LogP contribution < -0.4 is 10.2 Å². The smallest absolute Gasteiger partial charge is 0.245 e. The van der Waals surface area contributed by atoms with E-state index in [1.165, 1.54) is 0 Å². The highest BCUT2D eigenvalue weighted by Gasteiger charge is 2.66. The predicted octanol–water partition coefficient (Wildman–Crippen LogP) is 1.20. The standard InChI is InChI=1S/C10H18N2O4PS2/c1-18-5-3-7-9(13)15-17(11-7)12-8(4-6-19-2)10(14)16-17/h7-8,11-12H,3-6H2,1-2H3/q+1/t7-,8-,17?/m0/s1. The molecule has 0 aromatic heterocycles. The Morgan fingerprint density at radius 1 is 1.00 bits per heavy atom. The van der Waals surface area contributed by atoms with Crippen LogP contribution >= 0.6 is 31.5 Å². The van der Waals surface area contributed by atoms with Crippen molar-refractivity contribution in [2.45, 2.75) is 24.9 Å². The van der Waals surface area contributed by atoms with Crippen LogP contribution in [0.2, 0.25) is 0 Å². The third kappa shape index (κ3) is 3.55. The van der Waals surface area contributed by atoms with Crippen LogP contribution in [-0.2, 0) is 18.6 Å². The lowest BCUT2D eigenvalue weighted by atomic mass is 10.2. The normalized spacial score (nSPS) is 28.7. The molecule has 9 heteroatoms. The lowest BCUT2D eigenvalue weighted by Crippen LogP contribution is -2.32. The van der Waals surface area contributed by atoms with Gasteiger partial charge in [-0.2, -0.15) is 23.5 Å². The van der Waals surface area contributed by atoms with Gasteiger partial charge in [0, 0.05) is 0 Å². The Labute approximate surface area is 121 Å². The monoisotopic (exact) mass is 325 g/mol. The largest absolute Gasteiger partial charge is 0.528 e. The summed E-state index contributed by atoms with van der Waals surface area (Å²) in [4.78, 5) is 23.5. The number of rotatable bonds is 6. The molecule has 0 saturated carbocycles. The van der Waals surface area contributed by atoms with Gasteiger partial charge in [-0.3, -0.25) is 0 Å². The maximum absolute atomic E-state index is 11.8. The molecule has 2 atom stereocenters. The van der Waals surface area contributed by atoms with Gasteiger partial charge in [-0.25, -0.2) is 18.6 Å². The molecule has 2 fully saturated rings. The summed E-state index contributed by atoms with van der Waals surface area (Å²) in [6.45, 7) is 0. The number of hydrogen-bond donors (Lipinski definition) is 2. The van der Waals surface area contributed by atoms with Crippen LogP contribution in [0.1, 0.15) is 12.8 Å². The minimum atomic E-state index is -2.72. The van der Waals surface area contributed by atoms with E-state index in [0.717, 1.165) is 11.5 Å². The topological polar surface area (TPSA) is 76.7 Å². The summed E-state index contributed by atoms with van der Waals surface area (Å²) < 4.78 is 10.6. The summed E-state index contributed by atoms with van der Waals surface area (Å²) in [6.07, 6.45) is 5.32. The molecule has 0 aromatic rings. The molecule has 0 bridgehead atoms. The van der Waals surface area contributed by atoms with Gasteiger partial charge in [0.05, 0.1) is 0 Å². The van der Waals surface area contributed by atoms with Crippen LogP contribution in [-0.4, -0.2) is 48.0 Å². The number of thioether (sulfide) groups is 2. The number of carbonyl (C=O) groups excluding carboxylic acids is 2. The number of carbonyl (C=O) groups is 2. The molecule has 2 aliphatic rings. The van der Waals surface area contributed by atoms with Gasteiger partial charge in [0.1, 0.15) is 0 Å². The maximum atomic E-state index is 11.8. The highest BCUT2D eigenvalue weighted by molar-refractivity contribution is 7.98. The quantitative estimate of drug-likeness (QED) is 0.706. The fraction of sp³-hybridized carbons (Fsp3) is 0.800. The Balaban J connectivity index is 1.94. The van der Waals surface area contributed by atoms with Gasteiger partial charge in [-0.05, 0) is 36.9 Å². The molecule has 0 amide bonds. The van der Waals surface area contributed by atoms with Crippen LogP contribution in [0.4, 0.5) is 0 Å². The Morgan fingerprint density at radius 3 is 1.79 bits per heavy atom. The first kappa shape index (κ1) is 15.4. The molecule has 0 aromatic carbocycles. The molecule has 6 nitrogen and oxygen atoms in total. The van der Waals surface area contributed by atoms with E-state index in [0.29, 0.717) is 12.8 Å². The molecular formula is C10H18N2O4PS2+. The average Bonchev–Trinajstić information content (AvgIpc) is 2.84. The van der Waals surface area contributed by atoms with E-state index < -0.39 is 8.02 Å². The molecule has 2 rings (SSSR count). The minimum Gasteiger partial charge on any atom is -0.245 e. The van der Waals surface area contributed by atoms with Gasteiger partial charge < -0.3 is 0 Å². The zero-order valence-electron chi connectivity index (χ0n) is 10.9. The highest BCUT2D eigenvalue weighted by atomic mass is 32.2. The molecular weight excluding hydrogens is 307 g/mol. The van der Waals surface area contributed by atoms with Crippen molar-refractivity contribution in [2.75, 3.05) is 24.0 Å². The Kier molecular flexibility index (Phi) is 5.37. The minimum absolute atomic E-state index is 0.326. The lowest BCUT2D eigenvalue weighted by molar-refractivity contribution is -0.135. The summed E-state index contributed by atoms with van der Waals surface area (Å²) in [5.74, 6) is 1.06. The van der Waals surface area contributed by atoms with Crippen LogP contribution in [0, 0.1) is 0 Å². The molecule has 0 unspecified atom stereocenters. The van der Waals surface area contributed by atoms with E-state index >= 15 is 0 Å². The van der Waals surface area contributed by atoms with Crippen molar-refractivity contribution in [3.05, 3.63) is 0 Å². The van der Waals surface area contributed by atoms with Crippen molar-refractivity contribution in [1.82, 2.24) is 10.2 Å². The number of hydrogen-bond acceptors (Lipinski definition) is 8. The summed E-state index contributed by atoms with van der Waals surface area (Å²) >= 11 is 3.33. The molecule has 0 radical (unpaired) electrons. The molecule has 2 aliphatic heterocycles. The fourth-order valence-electron chi connectivity index (χ4n) is 1.89. The van der Waals surface area contributed by atoms with Gasteiger partial charge >= 0.3 is 20.0 Å². The van der Waals surface area contributed by atoms with E-state index in [4.69, 9.17) is 9.05 Å². The first-order valence-corrected chi connectivity index (χ1v) is 10.4. The van der Waals surface area contributed by atoms with Gasteiger partial charge in [0.15, 0.2) is 12.1 Å². The number of nitrogens with one attached hydrogen (secondary N) is 2. The van der Waals surface area contributed by atoms with E-state index in [1.807, 2.05) is 12.5 Å². The van der Waals surface area contributed by atoms with E-state index in [-0.39, 0.29) is 24.0 Å². The van der Waals surface area contributed by atoms with Gasteiger partial charge in [-0.1, -0.05) is 10.2 Å². The molecule has 1 spiro atoms. The van der Waals surface area contributed by atoms with Crippen molar-refractivity contribution >= 4 is 43.5 Å². The fourth-order valence-corrected chi connectivity index (χ4v) is 5.21. The van der Waals surface area contributed by atoms with Gasteiger partial charge in [0.25, 0.3) is 0 Å². The van der Waals surface area contributed by atoms with Crippen LogP contribution in [0.15, 0.2) is 0 Å². The summed E-state index contributed by atoms with van der Waals surface area (Å²) in [5, 5.41) is 6.11. The van der Waals surface area contributed by atoms with Crippen molar-refractivity contribution in [3.63, 3.8) is 0 Å². The van der Waals surface area contributed by atoms with Gasteiger partial charge in [0.2, 0.25) is 0 Å². The second kappa shape index (κ2) is 6.63. The molecule has 2 heterocycles. The summed E-state index contributed by atoms with van der Waals surface area (Å²) in [6, 6.07) is -0.749. The van der Waals surface area contributed by atoms with Crippen LogP contribution in [0.5, 0.6) is 0 Å². The van der Waals surface area contributed by atoms with Crippen molar-refractivity contribution in [2.24, 2.45) is 0 Å². The summed E-state index contributed by atoms with van der Waals surface area (Å²) in [5.41, 5.74) is 0. The van der Waals surface area contributed by atoms with Crippen LogP contribution in [0.25, 0.3) is 0 Å². The predicted molar refractivity (Wildman–Crippen MR) is 78.9 cm³/mol. The van der Waals surface area contributed by atoms with E-state index in [1.54, 1.807) is 23.5 Å². The lowest BCUT2D eigenvalue weighted by Gasteiger charge is -2.08. The highest BCUT2D eigenvalue weighted by Crippen LogP contribution is 2.61. The third-order valence-electron chi connectivity index (χ3n) is 2.88. The molecule has 0 aliphatic carbocycles. The zero-order chi connectivity index (χ0) is 13.9. The Hall–Kier alpha value is -0.0100. The van der Waals surface area contributed by atoms with Crippen LogP contribution in [0.3, 0.4) is 0 Å². The van der Waals surface area contributed by atoms with Crippen molar-refractivity contribution in [3.8, 4) is 0 Å². The summed E-state index contributed by atoms with van der Waals surface area (Å²) in [7, 11) is -2.72. The maximum Gasteiger partial charge on any atom is 0.528 e. The molecule has 2 saturated heterocycles. The van der Waals surface area contributed by atoms with Crippen molar-refractivity contribution < 1.29 is 18.6 Å². The van der Waals surface area contributed by atoms with Crippen molar-refractivity contribution in [1.29, 1.82) is 0 Å². The second-order valence-electron chi connectivity index (χ2n) is 4.30. The SMILES string of the molecule is CSCC[C@@H]1N[P+]2(N[C@@H](CCSC)C(=O)O2)OC1=O. The average molecular weight is 325 g/mol. The van der Waals surface area contributed by atoms with E-state index in [2.05, 4.69) is 10.2 Å². The second-order valence-corrected chi connectivity index (χ2v) is 8.25. The zero-order valence-corrected chi connectivity index (χ0v) is 13.4. The first-order valence-electron chi connectivity index (χ1n) is 5.99. The Morgan fingerprint density at radius 2 is 1.42 bits per heavy atom. The third-order valence-corrected chi connectivity index (χ3v) is 6.34. The molecule has 2 N–H and O–H groups in total. The molecule has 19 heavy (non-hydrogen) atoms. The van der Waals surface area contributed by atoms with E-state index in [9.17, 15) is 9.59 Å².